The van der Waals surface area contributed by atoms with E-state index in [4.69, 9.17) is 0 Å². The topological polar surface area (TPSA) is 60.8 Å². The van der Waals surface area contributed by atoms with E-state index in [0.29, 0.717) is 13.1 Å². The Kier molecular flexibility index (Phi) is 8.11. The van der Waals surface area contributed by atoms with Crippen molar-refractivity contribution in [3.05, 3.63) is 30.1 Å². The third-order valence-corrected chi connectivity index (χ3v) is 4.09. The lowest BCUT2D eigenvalue weighted by Crippen LogP contribution is -2.66. The molecule has 2 heterocycles. The van der Waals surface area contributed by atoms with Crippen molar-refractivity contribution < 1.29 is 4.79 Å². The van der Waals surface area contributed by atoms with Crippen LogP contribution in [0, 0.1) is 0 Å². The quantitative estimate of drug-likeness (QED) is 0.427. The summed E-state index contributed by atoms with van der Waals surface area (Å²) in [5.74, 6) is 0.915. The number of nitrogens with one attached hydrogen (secondary N) is 1. The van der Waals surface area contributed by atoms with Gasteiger partial charge in [0.2, 0.25) is 5.91 Å². The van der Waals surface area contributed by atoms with Gasteiger partial charge in [-0.3, -0.25) is 9.78 Å². The number of piperazine rings is 1. The van der Waals surface area contributed by atoms with Crippen molar-refractivity contribution in [2.75, 3.05) is 19.6 Å². The number of aromatic nitrogens is 1. The number of nitrogens with zero attached hydrogens (tertiary/aromatic N) is 4. The first kappa shape index (κ1) is 21.7. The summed E-state index contributed by atoms with van der Waals surface area (Å²) in [5, 5.41) is 3.30. The molecule has 140 valence electrons. The molecule has 1 fully saturated rings. The van der Waals surface area contributed by atoms with Crippen molar-refractivity contribution in [3.63, 3.8) is 0 Å². The molecule has 1 N–H and O–H groups in total. The van der Waals surface area contributed by atoms with Crippen LogP contribution in [0.5, 0.6) is 0 Å². The van der Waals surface area contributed by atoms with Gasteiger partial charge in [0.25, 0.3) is 0 Å². The van der Waals surface area contributed by atoms with Gasteiger partial charge in [-0.2, -0.15) is 0 Å². The SMILES string of the molecule is CCNC(=NCc1ccccn1)N1CC(=O)N(C(C)C)C(C)(C)C1.I. The maximum Gasteiger partial charge on any atom is 0.242 e. The van der Waals surface area contributed by atoms with Gasteiger partial charge in [0.1, 0.15) is 0 Å². The minimum Gasteiger partial charge on any atom is -0.356 e. The fraction of sp³-hybridized carbons (Fsp3) is 0.611. The molecule has 1 aromatic heterocycles. The van der Waals surface area contributed by atoms with Crippen molar-refractivity contribution in [2.45, 2.75) is 52.7 Å². The predicted octanol–water partition coefficient (Wildman–Crippen LogP) is 2.50. The Labute approximate surface area is 168 Å². The highest BCUT2D eigenvalue weighted by atomic mass is 127. The van der Waals surface area contributed by atoms with Gasteiger partial charge in [-0.15, -0.1) is 24.0 Å². The van der Waals surface area contributed by atoms with Crippen LogP contribution in [0.25, 0.3) is 0 Å². The average Bonchev–Trinajstić information content (AvgIpc) is 2.50. The minimum atomic E-state index is -0.231. The van der Waals surface area contributed by atoms with E-state index in [1.165, 1.54) is 0 Å². The van der Waals surface area contributed by atoms with Crippen LogP contribution in [-0.2, 0) is 11.3 Å². The molecule has 1 aromatic rings. The molecule has 1 amide bonds. The molecule has 1 aliphatic rings. The molecule has 1 saturated heterocycles. The van der Waals surface area contributed by atoms with Crippen LogP contribution in [0.3, 0.4) is 0 Å². The lowest BCUT2D eigenvalue weighted by Gasteiger charge is -2.49. The van der Waals surface area contributed by atoms with Gasteiger partial charge in [-0.25, -0.2) is 4.99 Å². The Bertz CT molecular complexity index is 588. The van der Waals surface area contributed by atoms with Crippen LogP contribution in [0.1, 0.15) is 40.3 Å². The summed E-state index contributed by atoms with van der Waals surface area (Å²) in [6, 6.07) is 6.00. The van der Waals surface area contributed by atoms with Crippen LogP contribution >= 0.6 is 24.0 Å². The second kappa shape index (κ2) is 9.35. The molecule has 0 aromatic carbocycles. The summed E-state index contributed by atoms with van der Waals surface area (Å²) < 4.78 is 0. The van der Waals surface area contributed by atoms with Crippen molar-refractivity contribution in [3.8, 4) is 0 Å². The van der Waals surface area contributed by atoms with Gasteiger partial charge in [0, 0.05) is 25.3 Å². The summed E-state index contributed by atoms with van der Waals surface area (Å²) in [7, 11) is 0. The maximum atomic E-state index is 12.6. The van der Waals surface area contributed by atoms with E-state index in [2.05, 4.69) is 43.0 Å². The molecule has 0 unspecified atom stereocenters. The molecule has 0 spiro atoms. The van der Waals surface area contributed by atoms with E-state index in [9.17, 15) is 4.79 Å². The van der Waals surface area contributed by atoms with Crippen LogP contribution < -0.4 is 5.32 Å². The molecular weight excluding hydrogens is 429 g/mol. The number of hydrogen-bond acceptors (Lipinski definition) is 3. The third kappa shape index (κ3) is 5.55. The molecule has 6 nitrogen and oxygen atoms in total. The zero-order chi connectivity index (χ0) is 17.7. The molecule has 0 aliphatic carbocycles. The monoisotopic (exact) mass is 459 g/mol. The molecule has 7 heteroatoms. The molecule has 0 atom stereocenters. The lowest BCUT2D eigenvalue weighted by molar-refractivity contribution is -0.145. The zero-order valence-electron chi connectivity index (χ0n) is 15.8. The number of aliphatic imine (C=N–C) groups is 1. The van der Waals surface area contributed by atoms with Gasteiger partial charge in [-0.05, 0) is 46.8 Å². The Morgan fingerprint density at radius 1 is 1.40 bits per heavy atom. The summed E-state index contributed by atoms with van der Waals surface area (Å²) in [5.41, 5.74) is 0.685. The number of hydrogen-bond donors (Lipinski definition) is 1. The fourth-order valence-corrected chi connectivity index (χ4v) is 3.39. The minimum absolute atomic E-state index is 0. The summed E-state index contributed by atoms with van der Waals surface area (Å²) in [6.07, 6.45) is 1.77. The second-order valence-electron chi connectivity index (χ2n) is 7.02. The number of guanidine groups is 1. The average molecular weight is 459 g/mol. The number of carbonyl (C=O) groups is 1. The largest absolute Gasteiger partial charge is 0.356 e. The lowest BCUT2D eigenvalue weighted by atomic mass is 9.96. The number of carbonyl (C=O) groups excluding carboxylic acids is 1. The van der Waals surface area contributed by atoms with E-state index in [0.717, 1.165) is 24.7 Å². The molecule has 2 rings (SSSR count). The number of halogens is 1. The standard InChI is InChI=1S/C18H29N5O.HI/c1-6-19-17(21-11-15-9-7-8-10-20-15)22-12-16(24)23(14(2)3)18(4,5)13-22;/h7-10,14H,6,11-13H2,1-5H3,(H,19,21);1H. The van der Waals surface area contributed by atoms with E-state index >= 15 is 0 Å². The van der Waals surface area contributed by atoms with Gasteiger partial charge in [0.05, 0.1) is 24.3 Å². The second-order valence-corrected chi connectivity index (χ2v) is 7.02. The first-order valence-electron chi connectivity index (χ1n) is 8.60. The van der Waals surface area contributed by atoms with Crippen molar-refractivity contribution >= 4 is 35.8 Å². The Balaban J connectivity index is 0.00000312. The normalized spacial score (nSPS) is 17.5. The Morgan fingerprint density at radius 3 is 2.64 bits per heavy atom. The van der Waals surface area contributed by atoms with Crippen molar-refractivity contribution in [1.29, 1.82) is 0 Å². The summed E-state index contributed by atoms with van der Waals surface area (Å²) >= 11 is 0. The smallest absolute Gasteiger partial charge is 0.242 e. The van der Waals surface area contributed by atoms with Crippen LogP contribution in [0.15, 0.2) is 29.4 Å². The maximum absolute atomic E-state index is 12.6. The van der Waals surface area contributed by atoms with Gasteiger partial charge in [0.15, 0.2) is 5.96 Å². The van der Waals surface area contributed by atoms with Crippen LogP contribution in [0.4, 0.5) is 0 Å². The summed E-state index contributed by atoms with van der Waals surface area (Å²) in [6.45, 7) is 12.8. The van der Waals surface area contributed by atoms with E-state index in [1.54, 1.807) is 6.20 Å². The van der Waals surface area contributed by atoms with Gasteiger partial charge >= 0.3 is 0 Å². The molecule has 0 bridgehead atoms. The highest BCUT2D eigenvalue weighted by molar-refractivity contribution is 14.0. The molecule has 1 aliphatic heterocycles. The van der Waals surface area contributed by atoms with Gasteiger partial charge < -0.3 is 15.1 Å². The summed E-state index contributed by atoms with van der Waals surface area (Å²) in [4.78, 5) is 25.6. The van der Waals surface area contributed by atoms with Gasteiger partial charge in [-0.1, -0.05) is 6.07 Å². The van der Waals surface area contributed by atoms with E-state index in [1.807, 2.05) is 34.9 Å². The number of rotatable bonds is 4. The Hall–Kier alpha value is -1.38. The van der Waals surface area contributed by atoms with Crippen LogP contribution in [-0.4, -0.2) is 57.9 Å². The highest BCUT2D eigenvalue weighted by Crippen LogP contribution is 2.24. The number of amides is 1. The van der Waals surface area contributed by atoms with E-state index in [-0.39, 0.29) is 41.5 Å². The predicted molar refractivity (Wildman–Crippen MR) is 112 cm³/mol. The first-order valence-corrected chi connectivity index (χ1v) is 8.60. The first-order chi connectivity index (χ1) is 11.3. The van der Waals surface area contributed by atoms with E-state index < -0.39 is 0 Å². The molecule has 0 radical (unpaired) electrons. The Morgan fingerprint density at radius 2 is 2.12 bits per heavy atom. The fourth-order valence-electron chi connectivity index (χ4n) is 3.39. The zero-order valence-corrected chi connectivity index (χ0v) is 18.2. The molecule has 0 saturated carbocycles. The van der Waals surface area contributed by atoms with Crippen molar-refractivity contribution in [2.24, 2.45) is 4.99 Å². The van der Waals surface area contributed by atoms with Crippen molar-refractivity contribution in [1.82, 2.24) is 20.1 Å². The molecular formula is C18H30IN5O. The highest BCUT2D eigenvalue weighted by Gasteiger charge is 2.40. The molecule has 25 heavy (non-hydrogen) atoms. The third-order valence-electron chi connectivity index (χ3n) is 4.09. The van der Waals surface area contributed by atoms with Crippen LogP contribution in [0.2, 0.25) is 0 Å². The number of pyridine rings is 1.